The summed E-state index contributed by atoms with van der Waals surface area (Å²) < 4.78 is 4.54. The third-order valence-electron chi connectivity index (χ3n) is 4.10. The Balaban J connectivity index is 1.85. The maximum absolute atomic E-state index is 12.4. The molecule has 9 nitrogen and oxygen atoms in total. The number of rotatable bonds is 5. The molecule has 0 unspecified atom stereocenters. The molecule has 0 bridgehead atoms. The summed E-state index contributed by atoms with van der Waals surface area (Å²) in [5.41, 5.74) is -0.0612. The van der Waals surface area contributed by atoms with Gasteiger partial charge in [-0.3, -0.25) is 4.79 Å². The number of aromatic amines is 1. The van der Waals surface area contributed by atoms with Gasteiger partial charge in [-0.05, 0) is 23.8 Å². The number of hydrogen-bond donors (Lipinski definition) is 4. The molecule has 1 aromatic heterocycles. The number of hydrogen-bond acceptors (Lipinski definition) is 6. The number of methoxy groups -OCH3 is 1. The lowest BCUT2D eigenvalue weighted by molar-refractivity contribution is 0.0590. The van der Waals surface area contributed by atoms with Crippen molar-refractivity contribution in [3.63, 3.8) is 0 Å². The summed E-state index contributed by atoms with van der Waals surface area (Å²) in [4.78, 5) is 42.5. The van der Waals surface area contributed by atoms with Gasteiger partial charge in [0.25, 0.3) is 5.56 Å². The molecule has 0 aliphatic heterocycles. The standard InChI is InChI=1S/C20H17ClN4O5/c1-30-19(28)15-16(26)18(27)25-17(24-15)12-7-3-5-9-14(12)23-20(29)22-10-11-6-2-4-8-13(11)21/h2-9,26H,10H2,1H3,(H2,22,23,29)(H,24,25,27). The van der Waals surface area contributed by atoms with E-state index >= 15 is 0 Å². The predicted octanol–water partition coefficient (Wildman–Crippen LogP) is 2.90. The minimum atomic E-state index is -0.970. The lowest BCUT2D eigenvalue weighted by Gasteiger charge is -2.13. The molecule has 0 aliphatic rings. The molecule has 1 heterocycles. The predicted molar refractivity (Wildman–Crippen MR) is 111 cm³/mol. The summed E-state index contributed by atoms with van der Waals surface area (Å²) >= 11 is 6.08. The van der Waals surface area contributed by atoms with E-state index in [2.05, 4.69) is 25.3 Å². The number of nitrogens with one attached hydrogen (secondary N) is 3. The number of benzene rings is 2. The van der Waals surface area contributed by atoms with Crippen LogP contribution in [0.3, 0.4) is 0 Å². The van der Waals surface area contributed by atoms with Crippen LogP contribution in [0.15, 0.2) is 53.3 Å². The molecule has 0 fully saturated rings. The van der Waals surface area contributed by atoms with Gasteiger partial charge in [0.15, 0.2) is 5.69 Å². The molecule has 4 N–H and O–H groups in total. The van der Waals surface area contributed by atoms with Crippen LogP contribution in [0.5, 0.6) is 5.75 Å². The molecular weight excluding hydrogens is 412 g/mol. The number of carbonyl (C=O) groups is 2. The monoisotopic (exact) mass is 428 g/mol. The van der Waals surface area contributed by atoms with Gasteiger partial charge in [0, 0.05) is 17.1 Å². The average molecular weight is 429 g/mol. The Morgan fingerprint density at radius 3 is 2.60 bits per heavy atom. The van der Waals surface area contributed by atoms with Gasteiger partial charge in [-0.15, -0.1) is 0 Å². The quantitative estimate of drug-likeness (QED) is 0.462. The molecule has 2 aromatic carbocycles. The van der Waals surface area contributed by atoms with E-state index in [0.717, 1.165) is 12.7 Å². The fourth-order valence-corrected chi connectivity index (χ4v) is 2.82. The van der Waals surface area contributed by atoms with Crippen molar-refractivity contribution in [3.8, 4) is 17.1 Å². The van der Waals surface area contributed by atoms with E-state index in [0.29, 0.717) is 16.3 Å². The van der Waals surface area contributed by atoms with Crippen molar-refractivity contribution < 1.29 is 19.4 Å². The Kier molecular flexibility index (Phi) is 6.33. The Morgan fingerprint density at radius 2 is 1.87 bits per heavy atom. The number of para-hydroxylation sites is 1. The number of amides is 2. The van der Waals surface area contributed by atoms with Crippen LogP contribution >= 0.6 is 11.6 Å². The van der Waals surface area contributed by atoms with Crippen molar-refractivity contribution in [3.05, 3.63) is 75.2 Å². The van der Waals surface area contributed by atoms with Crippen LogP contribution in [0.25, 0.3) is 11.4 Å². The van der Waals surface area contributed by atoms with E-state index in [9.17, 15) is 19.5 Å². The number of urea groups is 1. The van der Waals surface area contributed by atoms with Gasteiger partial charge in [0.05, 0.1) is 12.8 Å². The summed E-state index contributed by atoms with van der Waals surface area (Å²) in [7, 11) is 1.10. The summed E-state index contributed by atoms with van der Waals surface area (Å²) in [6, 6.07) is 13.1. The molecule has 0 spiro atoms. The van der Waals surface area contributed by atoms with Crippen LogP contribution in [0, 0.1) is 0 Å². The van der Waals surface area contributed by atoms with E-state index in [1.165, 1.54) is 0 Å². The number of carbonyl (C=O) groups excluding carboxylic acids is 2. The van der Waals surface area contributed by atoms with Gasteiger partial charge in [-0.25, -0.2) is 14.6 Å². The molecule has 0 radical (unpaired) electrons. The number of aromatic hydroxyl groups is 1. The fraction of sp³-hybridized carbons (Fsp3) is 0.100. The van der Waals surface area contributed by atoms with Crippen LogP contribution in [-0.2, 0) is 11.3 Å². The summed E-state index contributed by atoms with van der Waals surface area (Å²) in [6.07, 6.45) is 0. The van der Waals surface area contributed by atoms with Crippen molar-refractivity contribution >= 4 is 29.3 Å². The van der Waals surface area contributed by atoms with Crippen molar-refractivity contribution in [1.82, 2.24) is 15.3 Å². The van der Waals surface area contributed by atoms with Gasteiger partial charge >= 0.3 is 12.0 Å². The third-order valence-corrected chi connectivity index (χ3v) is 4.47. The maximum atomic E-state index is 12.4. The Hall–Kier alpha value is -3.85. The highest BCUT2D eigenvalue weighted by Gasteiger charge is 2.20. The zero-order chi connectivity index (χ0) is 21.7. The van der Waals surface area contributed by atoms with Crippen LogP contribution in [-0.4, -0.2) is 34.2 Å². The molecule has 0 aliphatic carbocycles. The number of anilines is 1. The number of aromatic nitrogens is 2. The molecule has 0 atom stereocenters. The third kappa shape index (κ3) is 4.58. The molecule has 30 heavy (non-hydrogen) atoms. The maximum Gasteiger partial charge on any atom is 0.360 e. The van der Waals surface area contributed by atoms with Crippen LogP contribution in [0.2, 0.25) is 5.02 Å². The van der Waals surface area contributed by atoms with Crippen LogP contribution in [0.1, 0.15) is 16.1 Å². The zero-order valence-corrected chi connectivity index (χ0v) is 16.5. The van der Waals surface area contributed by atoms with E-state index in [-0.39, 0.29) is 12.4 Å². The molecule has 10 heteroatoms. The number of halogens is 1. The first-order valence-corrected chi connectivity index (χ1v) is 9.07. The van der Waals surface area contributed by atoms with Crippen LogP contribution in [0.4, 0.5) is 10.5 Å². The Morgan fingerprint density at radius 1 is 1.17 bits per heavy atom. The highest BCUT2D eigenvalue weighted by atomic mass is 35.5. The first kappa shape index (κ1) is 20.9. The Bertz CT molecular complexity index is 1160. The van der Waals surface area contributed by atoms with Gasteiger partial charge in [-0.1, -0.05) is 41.9 Å². The highest BCUT2D eigenvalue weighted by Crippen LogP contribution is 2.25. The number of H-pyrrole nitrogens is 1. The first-order valence-electron chi connectivity index (χ1n) is 8.70. The number of nitrogens with zero attached hydrogens (tertiary/aromatic N) is 1. The molecule has 2 amide bonds. The zero-order valence-electron chi connectivity index (χ0n) is 15.7. The average Bonchev–Trinajstić information content (AvgIpc) is 2.75. The van der Waals surface area contributed by atoms with Crippen molar-refractivity contribution in [2.45, 2.75) is 6.54 Å². The molecule has 3 aromatic rings. The summed E-state index contributed by atoms with van der Waals surface area (Å²) in [5.74, 6) is -1.85. The first-order chi connectivity index (χ1) is 14.4. The van der Waals surface area contributed by atoms with Crippen molar-refractivity contribution in [2.24, 2.45) is 0 Å². The SMILES string of the molecule is COC(=O)c1nc(-c2ccccc2NC(=O)NCc2ccccc2Cl)[nH]c(=O)c1O. The van der Waals surface area contributed by atoms with Crippen LogP contribution < -0.4 is 16.2 Å². The Labute approximate surface area is 175 Å². The number of ether oxygens (including phenoxy) is 1. The van der Waals surface area contributed by atoms with E-state index < -0.39 is 29.0 Å². The minimum absolute atomic E-state index is 0.0276. The van der Waals surface area contributed by atoms with E-state index in [4.69, 9.17) is 11.6 Å². The lowest BCUT2D eigenvalue weighted by atomic mass is 10.1. The lowest BCUT2D eigenvalue weighted by Crippen LogP contribution is -2.28. The minimum Gasteiger partial charge on any atom is -0.501 e. The fourth-order valence-electron chi connectivity index (χ4n) is 2.62. The second-order valence-electron chi connectivity index (χ2n) is 6.05. The topological polar surface area (TPSA) is 133 Å². The molecule has 0 saturated carbocycles. The second kappa shape index (κ2) is 9.10. The normalized spacial score (nSPS) is 10.3. The van der Waals surface area contributed by atoms with Gasteiger partial charge in [-0.2, -0.15) is 0 Å². The number of esters is 1. The molecule has 154 valence electrons. The molecule has 0 saturated heterocycles. The molecular formula is C20H17ClN4O5. The van der Waals surface area contributed by atoms with E-state index in [1.54, 1.807) is 42.5 Å². The van der Waals surface area contributed by atoms with Gasteiger partial charge < -0.3 is 25.5 Å². The van der Waals surface area contributed by atoms with Crippen molar-refractivity contribution in [1.29, 1.82) is 0 Å². The van der Waals surface area contributed by atoms with Gasteiger partial charge in [0.1, 0.15) is 5.82 Å². The highest BCUT2D eigenvalue weighted by molar-refractivity contribution is 6.31. The van der Waals surface area contributed by atoms with Gasteiger partial charge in [0.2, 0.25) is 5.75 Å². The second-order valence-corrected chi connectivity index (χ2v) is 6.46. The van der Waals surface area contributed by atoms with E-state index in [1.807, 2.05) is 6.07 Å². The largest absolute Gasteiger partial charge is 0.501 e. The van der Waals surface area contributed by atoms with Crippen molar-refractivity contribution in [2.75, 3.05) is 12.4 Å². The summed E-state index contributed by atoms with van der Waals surface area (Å²) in [5, 5.41) is 15.7. The summed E-state index contributed by atoms with van der Waals surface area (Å²) in [6.45, 7) is 0.203. The smallest absolute Gasteiger partial charge is 0.360 e. The molecule has 3 rings (SSSR count).